The Hall–Kier alpha value is -4.37. The summed E-state index contributed by atoms with van der Waals surface area (Å²) in [5.41, 5.74) is 0.642. The fraction of sp³-hybridized carbons (Fsp3) is 0.382. The molecule has 0 bridgehead atoms. The van der Waals surface area contributed by atoms with Crippen LogP contribution in [0.3, 0.4) is 0 Å². The number of hydrogen-bond donors (Lipinski definition) is 0. The van der Waals surface area contributed by atoms with Gasteiger partial charge in [-0.05, 0) is 61.0 Å². The van der Waals surface area contributed by atoms with Crippen molar-refractivity contribution in [3.63, 3.8) is 0 Å². The van der Waals surface area contributed by atoms with Crippen LogP contribution in [0.1, 0.15) is 29.8 Å². The van der Waals surface area contributed by atoms with Gasteiger partial charge in [0.2, 0.25) is 10.0 Å². The predicted molar refractivity (Wildman–Crippen MR) is 176 cm³/mol. The number of fused-ring (bicyclic) bond motifs is 1. The van der Waals surface area contributed by atoms with Crippen LogP contribution >= 0.6 is 0 Å². The van der Waals surface area contributed by atoms with E-state index in [1.165, 1.54) is 37.4 Å². The Kier molecular flexibility index (Phi) is 12.6. The maximum atomic E-state index is 14.3. The number of nitro benzene ring substituents is 1. The van der Waals surface area contributed by atoms with E-state index in [4.69, 9.17) is 18.9 Å². The van der Waals surface area contributed by atoms with E-state index in [-0.39, 0.29) is 61.4 Å². The summed E-state index contributed by atoms with van der Waals surface area (Å²) >= 11 is 0. The number of carbonyl (C=O) groups excluding carboxylic acids is 1. The van der Waals surface area contributed by atoms with Crippen molar-refractivity contribution in [3.8, 4) is 11.5 Å². The largest absolute Gasteiger partial charge is 0.497 e. The van der Waals surface area contributed by atoms with Crippen molar-refractivity contribution >= 4 is 21.6 Å². The summed E-state index contributed by atoms with van der Waals surface area (Å²) in [7, 11) is -1.00. The Bertz CT molecular complexity index is 1680. The second kappa shape index (κ2) is 16.6. The third kappa shape index (κ3) is 9.37. The molecule has 0 saturated heterocycles. The van der Waals surface area contributed by atoms with Gasteiger partial charge in [-0.15, -0.1) is 0 Å². The molecule has 0 radical (unpaired) electrons. The van der Waals surface area contributed by atoms with Crippen LogP contribution in [0.15, 0.2) is 83.8 Å². The van der Waals surface area contributed by atoms with Crippen molar-refractivity contribution in [1.29, 1.82) is 0 Å². The molecule has 48 heavy (non-hydrogen) atoms. The number of halogens is 1. The molecule has 4 rings (SSSR count). The molecule has 1 amide bonds. The number of carbonyl (C=O) groups is 1. The number of methoxy groups -OCH3 is 1. The van der Waals surface area contributed by atoms with Gasteiger partial charge in [0.25, 0.3) is 11.6 Å². The second-order valence-electron chi connectivity index (χ2n) is 11.5. The smallest absolute Gasteiger partial charge is 0.270 e. The van der Waals surface area contributed by atoms with E-state index in [9.17, 15) is 27.7 Å². The number of nitro groups is 1. The molecule has 1 heterocycles. The maximum Gasteiger partial charge on any atom is 0.270 e. The molecule has 12 nitrogen and oxygen atoms in total. The number of nitrogens with zero attached hydrogens (tertiary/aromatic N) is 3. The molecule has 3 atom stereocenters. The van der Waals surface area contributed by atoms with Crippen LogP contribution in [0, 0.1) is 21.8 Å². The molecule has 3 aromatic rings. The van der Waals surface area contributed by atoms with Crippen molar-refractivity contribution < 1.29 is 41.5 Å². The highest BCUT2D eigenvalue weighted by molar-refractivity contribution is 7.89. The number of non-ortho nitro benzene ring substituents is 1. The second-order valence-corrected chi connectivity index (χ2v) is 13.5. The minimum absolute atomic E-state index is 0.0134. The summed E-state index contributed by atoms with van der Waals surface area (Å²) in [6.07, 6.45) is 2.71. The monoisotopic (exact) mass is 685 g/mol. The quantitative estimate of drug-likeness (QED) is 0.154. The first-order valence-electron chi connectivity index (χ1n) is 15.3. The lowest BCUT2D eigenvalue weighted by Crippen LogP contribution is -2.48. The summed E-state index contributed by atoms with van der Waals surface area (Å²) in [5, 5.41) is 11.7. The standard InChI is InChI=1S/C34H40FN3O9S/c1-24-20-37(25(2)22-45-23-26-7-12-29(44-4)13-8-26)34(39)31-19-28(38(40)41)11-16-32(31)46-17-5-6-18-47-33(24)21-36(3)48(42,43)30-14-9-27(35)10-15-30/h5-16,19,24-25,33H,17-18,20-23H2,1-4H3/t24-,25+,33-/m1/s1. The zero-order valence-corrected chi connectivity index (χ0v) is 28.1. The van der Waals surface area contributed by atoms with Crippen LogP contribution in [0.4, 0.5) is 10.1 Å². The van der Waals surface area contributed by atoms with Gasteiger partial charge in [0, 0.05) is 38.2 Å². The molecule has 0 unspecified atom stereocenters. The van der Waals surface area contributed by atoms with Gasteiger partial charge in [-0.25, -0.2) is 12.8 Å². The van der Waals surface area contributed by atoms with E-state index in [0.717, 1.165) is 22.0 Å². The Labute approximate surface area is 279 Å². The van der Waals surface area contributed by atoms with E-state index in [1.807, 2.05) is 31.2 Å². The topological polar surface area (TPSA) is 138 Å². The van der Waals surface area contributed by atoms with Crippen LogP contribution < -0.4 is 9.47 Å². The predicted octanol–water partition coefficient (Wildman–Crippen LogP) is 5.08. The van der Waals surface area contributed by atoms with Gasteiger partial charge in [-0.3, -0.25) is 14.9 Å². The van der Waals surface area contributed by atoms with E-state index in [1.54, 1.807) is 31.1 Å². The van der Waals surface area contributed by atoms with Gasteiger partial charge in [0.15, 0.2) is 0 Å². The average Bonchev–Trinajstić information content (AvgIpc) is 3.08. The van der Waals surface area contributed by atoms with Crippen LogP contribution in [0.5, 0.6) is 11.5 Å². The van der Waals surface area contributed by atoms with Crippen molar-refractivity contribution in [2.24, 2.45) is 5.92 Å². The summed E-state index contributed by atoms with van der Waals surface area (Å²) in [6.45, 7) is 4.23. The highest BCUT2D eigenvalue weighted by Gasteiger charge is 2.33. The molecule has 1 aliphatic rings. The molecule has 0 aromatic heterocycles. The van der Waals surface area contributed by atoms with E-state index < -0.39 is 44.7 Å². The fourth-order valence-electron chi connectivity index (χ4n) is 5.12. The maximum absolute atomic E-state index is 14.3. The summed E-state index contributed by atoms with van der Waals surface area (Å²) in [5.74, 6) is -0.615. The average molecular weight is 686 g/mol. The van der Waals surface area contributed by atoms with E-state index in [0.29, 0.717) is 5.75 Å². The van der Waals surface area contributed by atoms with Crippen LogP contribution in [0.2, 0.25) is 0 Å². The minimum atomic E-state index is -3.99. The summed E-state index contributed by atoms with van der Waals surface area (Å²) in [6, 6.07) is 15.3. The van der Waals surface area contributed by atoms with Gasteiger partial charge < -0.3 is 23.8 Å². The molecular formula is C34H40FN3O9S. The van der Waals surface area contributed by atoms with Crippen LogP contribution in [0.25, 0.3) is 0 Å². The highest BCUT2D eigenvalue weighted by Crippen LogP contribution is 2.28. The normalized spacial score (nSPS) is 18.2. The first kappa shape index (κ1) is 36.5. The Morgan fingerprint density at radius 3 is 2.44 bits per heavy atom. The third-order valence-corrected chi connectivity index (χ3v) is 9.81. The molecule has 258 valence electrons. The van der Waals surface area contributed by atoms with Gasteiger partial charge in [-0.1, -0.05) is 25.1 Å². The minimum Gasteiger partial charge on any atom is -0.497 e. The highest BCUT2D eigenvalue weighted by atomic mass is 32.2. The zero-order chi connectivity index (χ0) is 34.8. The molecule has 0 spiro atoms. The number of hydrogen-bond acceptors (Lipinski definition) is 9. The lowest BCUT2D eigenvalue weighted by Gasteiger charge is -2.35. The van der Waals surface area contributed by atoms with Gasteiger partial charge in [0.05, 0.1) is 54.5 Å². The fourth-order valence-corrected chi connectivity index (χ4v) is 6.30. The number of sulfonamides is 1. The van der Waals surface area contributed by atoms with Gasteiger partial charge >= 0.3 is 0 Å². The number of rotatable bonds is 11. The lowest BCUT2D eigenvalue weighted by molar-refractivity contribution is -0.384. The van der Waals surface area contributed by atoms with Crippen molar-refractivity contribution in [2.45, 2.75) is 37.5 Å². The Balaban J connectivity index is 1.62. The van der Waals surface area contributed by atoms with Crippen LogP contribution in [-0.4, -0.2) is 87.7 Å². The van der Waals surface area contributed by atoms with Gasteiger partial charge in [0.1, 0.15) is 23.9 Å². The summed E-state index contributed by atoms with van der Waals surface area (Å²) in [4.78, 5) is 26.8. The number of amides is 1. The first-order chi connectivity index (χ1) is 22.9. The van der Waals surface area contributed by atoms with Crippen molar-refractivity contribution in [3.05, 3.63) is 106 Å². The van der Waals surface area contributed by atoms with Crippen LogP contribution in [-0.2, 0) is 26.1 Å². The van der Waals surface area contributed by atoms with Gasteiger partial charge in [-0.2, -0.15) is 4.31 Å². The number of benzene rings is 3. The van der Waals surface area contributed by atoms with Crippen molar-refractivity contribution in [1.82, 2.24) is 9.21 Å². The first-order valence-corrected chi connectivity index (χ1v) is 16.8. The lowest BCUT2D eigenvalue weighted by atomic mass is 10.0. The number of ether oxygens (including phenoxy) is 4. The molecule has 1 aliphatic heterocycles. The Morgan fingerprint density at radius 1 is 1.08 bits per heavy atom. The number of likely N-dealkylation sites (N-methyl/N-ethyl adjacent to an activating group) is 1. The zero-order valence-electron chi connectivity index (χ0n) is 27.3. The van der Waals surface area contributed by atoms with E-state index >= 15 is 0 Å². The van der Waals surface area contributed by atoms with Crippen molar-refractivity contribution in [2.75, 3.05) is 47.1 Å². The molecule has 0 fully saturated rings. The molecule has 3 aromatic carbocycles. The summed E-state index contributed by atoms with van der Waals surface area (Å²) < 4.78 is 64.5. The van der Waals surface area contributed by atoms with E-state index in [2.05, 4.69) is 0 Å². The molecule has 0 N–H and O–H groups in total. The molecule has 14 heteroatoms. The molecule has 0 saturated carbocycles. The SMILES string of the molecule is COc1ccc(COC[C@H](C)N2C[C@@H](C)[C@@H](CN(C)S(=O)(=O)c3ccc(F)cc3)OCC=CCOc3ccc([N+](=O)[O-])cc3C2=O)cc1. The third-order valence-electron chi connectivity index (χ3n) is 7.97. The Morgan fingerprint density at radius 2 is 1.77 bits per heavy atom. The molecule has 0 aliphatic carbocycles. The molecular weight excluding hydrogens is 645 g/mol.